The quantitative estimate of drug-likeness (QED) is 0.525. The van der Waals surface area contributed by atoms with Crippen LogP contribution in [0.2, 0.25) is 0 Å². The number of nitrogens with zero attached hydrogens (tertiary/aromatic N) is 1. The van der Waals surface area contributed by atoms with Gasteiger partial charge in [0.1, 0.15) is 0 Å². The number of hydrogen-bond acceptors (Lipinski definition) is 2. The molecule has 0 saturated heterocycles. The number of carbonyl (C=O) groups excluding carboxylic acids is 1. The average molecular weight is 188 g/mol. The van der Waals surface area contributed by atoms with E-state index < -0.39 is 5.91 Å². The van der Waals surface area contributed by atoms with Gasteiger partial charge in [0.05, 0.1) is 5.39 Å². The second-order valence-electron chi connectivity index (χ2n) is 2.94. The van der Waals surface area contributed by atoms with E-state index in [2.05, 4.69) is 0 Å². The average Bonchev–Trinajstić information content (AvgIpc) is 2.17. The van der Waals surface area contributed by atoms with Crippen molar-refractivity contribution >= 4 is 16.7 Å². The second kappa shape index (κ2) is 2.99. The first-order valence-electron chi connectivity index (χ1n) is 4.11. The molecular formula is C10H8N2O2. The normalized spacial score (nSPS) is 10.3. The van der Waals surface area contributed by atoms with Crippen molar-refractivity contribution in [1.82, 2.24) is 0 Å². The highest BCUT2D eigenvalue weighted by Crippen LogP contribution is 2.14. The molecule has 0 bridgehead atoms. The van der Waals surface area contributed by atoms with E-state index in [0.717, 1.165) is 5.39 Å². The molecule has 4 nitrogen and oxygen atoms in total. The molecule has 1 aromatic heterocycles. The summed E-state index contributed by atoms with van der Waals surface area (Å²) in [5, 5.41) is 12.7. The van der Waals surface area contributed by atoms with E-state index in [0.29, 0.717) is 10.1 Å². The van der Waals surface area contributed by atoms with Crippen molar-refractivity contribution in [3.8, 4) is 0 Å². The fourth-order valence-electron chi connectivity index (χ4n) is 1.44. The number of primary amides is 1. The monoisotopic (exact) mass is 188 g/mol. The maximum atomic E-state index is 11.3. The van der Waals surface area contributed by atoms with Crippen LogP contribution in [0.3, 0.4) is 0 Å². The number of hydrogen-bond donors (Lipinski definition) is 1. The lowest BCUT2D eigenvalue weighted by Crippen LogP contribution is -2.37. The Bertz CT molecular complexity index is 508. The molecule has 70 valence electrons. The predicted molar refractivity (Wildman–Crippen MR) is 51.4 cm³/mol. The molecule has 14 heavy (non-hydrogen) atoms. The van der Waals surface area contributed by atoms with Crippen molar-refractivity contribution in [2.45, 2.75) is 0 Å². The van der Waals surface area contributed by atoms with Crippen LogP contribution < -0.4 is 10.5 Å². The number of fused-ring (bicyclic) bond motifs is 1. The van der Waals surface area contributed by atoms with Crippen LogP contribution >= 0.6 is 0 Å². The summed E-state index contributed by atoms with van der Waals surface area (Å²) in [4.78, 5) is 11.0. The van der Waals surface area contributed by atoms with E-state index >= 15 is 0 Å². The van der Waals surface area contributed by atoms with Gasteiger partial charge in [-0.25, -0.2) is 0 Å². The molecule has 2 rings (SSSR count). The number of carbonyl (C=O) groups is 1. The Morgan fingerprint density at radius 2 is 2.00 bits per heavy atom. The third-order valence-corrected chi connectivity index (χ3v) is 2.06. The van der Waals surface area contributed by atoms with E-state index in [1.165, 1.54) is 6.20 Å². The molecule has 0 radical (unpaired) electrons. The van der Waals surface area contributed by atoms with E-state index in [9.17, 15) is 10.0 Å². The van der Waals surface area contributed by atoms with Crippen molar-refractivity contribution in [3.05, 3.63) is 47.4 Å². The standard InChI is InChI=1S/C10H8N2O2/c11-10(13)9-8-4-2-1-3-7(8)5-6-12(9)14/h1-6H,(H2,11,13). The third kappa shape index (κ3) is 1.17. The Balaban J connectivity index is 2.90. The molecule has 0 spiro atoms. The Kier molecular flexibility index (Phi) is 1.81. The number of aromatic nitrogens is 1. The van der Waals surface area contributed by atoms with Crippen LogP contribution in [-0.4, -0.2) is 5.91 Å². The Morgan fingerprint density at radius 3 is 2.71 bits per heavy atom. The van der Waals surface area contributed by atoms with Gasteiger partial charge in [0.2, 0.25) is 0 Å². The van der Waals surface area contributed by atoms with E-state index in [4.69, 9.17) is 5.73 Å². The topological polar surface area (TPSA) is 70.0 Å². The van der Waals surface area contributed by atoms with E-state index in [1.54, 1.807) is 18.2 Å². The number of amides is 1. The summed E-state index contributed by atoms with van der Waals surface area (Å²) >= 11 is 0. The molecule has 4 heteroatoms. The Hall–Kier alpha value is -2.10. The van der Waals surface area contributed by atoms with Gasteiger partial charge in [0, 0.05) is 6.07 Å². The number of benzene rings is 1. The molecule has 0 fully saturated rings. The fourth-order valence-corrected chi connectivity index (χ4v) is 1.44. The fraction of sp³-hybridized carbons (Fsp3) is 0. The largest absolute Gasteiger partial charge is 0.618 e. The van der Waals surface area contributed by atoms with Gasteiger partial charge in [-0.1, -0.05) is 18.2 Å². The molecule has 0 aliphatic heterocycles. The summed E-state index contributed by atoms with van der Waals surface area (Å²) in [5.41, 5.74) is 5.11. The zero-order valence-electron chi connectivity index (χ0n) is 7.31. The van der Waals surface area contributed by atoms with Crippen LogP contribution in [0.15, 0.2) is 36.5 Å². The van der Waals surface area contributed by atoms with Crippen LogP contribution in [0.25, 0.3) is 10.8 Å². The summed E-state index contributed by atoms with van der Waals surface area (Å²) in [5.74, 6) is -0.711. The van der Waals surface area contributed by atoms with Gasteiger partial charge in [0.15, 0.2) is 6.20 Å². The first-order valence-corrected chi connectivity index (χ1v) is 4.11. The molecule has 2 aromatic rings. The van der Waals surface area contributed by atoms with Gasteiger partial charge in [-0.15, -0.1) is 0 Å². The molecular weight excluding hydrogens is 180 g/mol. The lowest BCUT2D eigenvalue weighted by Gasteiger charge is -2.03. The summed E-state index contributed by atoms with van der Waals surface area (Å²) in [6, 6.07) is 8.76. The van der Waals surface area contributed by atoms with Crippen LogP contribution in [0.1, 0.15) is 10.5 Å². The summed E-state index contributed by atoms with van der Waals surface area (Å²) in [6.07, 6.45) is 1.28. The molecule has 1 aromatic carbocycles. The van der Waals surface area contributed by atoms with Gasteiger partial charge >= 0.3 is 5.91 Å². The minimum Gasteiger partial charge on any atom is -0.618 e. The zero-order valence-corrected chi connectivity index (χ0v) is 7.31. The van der Waals surface area contributed by atoms with Crippen molar-refractivity contribution in [1.29, 1.82) is 0 Å². The molecule has 1 heterocycles. The number of nitrogens with two attached hydrogens (primary N) is 1. The number of rotatable bonds is 1. The molecule has 0 unspecified atom stereocenters. The summed E-state index contributed by atoms with van der Waals surface area (Å²) in [6.45, 7) is 0. The Morgan fingerprint density at radius 1 is 1.29 bits per heavy atom. The predicted octanol–water partition coefficient (Wildman–Crippen LogP) is 0.572. The highest BCUT2D eigenvalue weighted by atomic mass is 16.5. The minimum absolute atomic E-state index is 0.0110. The van der Waals surface area contributed by atoms with Gasteiger partial charge in [-0.05, 0) is 11.5 Å². The van der Waals surface area contributed by atoms with Crippen LogP contribution in [0.5, 0.6) is 0 Å². The van der Waals surface area contributed by atoms with E-state index in [-0.39, 0.29) is 5.69 Å². The lowest BCUT2D eigenvalue weighted by atomic mass is 10.1. The van der Waals surface area contributed by atoms with Gasteiger partial charge in [-0.2, -0.15) is 4.73 Å². The molecule has 0 aliphatic rings. The second-order valence-corrected chi connectivity index (χ2v) is 2.94. The lowest BCUT2D eigenvalue weighted by molar-refractivity contribution is -0.606. The highest BCUT2D eigenvalue weighted by Gasteiger charge is 2.16. The summed E-state index contributed by atoms with van der Waals surface area (Å²) in [7, 11) is 0. The molecule has 0 saturated carbocycles. The first-order chi connectivity index (χ1) is 6.70. The zero-order chi connectivity index (χ0) is 10.1. The highest BCUT2D eigenvalue weighted by molar-refractivity contribution is 6.02. The van der Waals surface area contributed by atoms with E-state index in [1.807, 2.05) is 12.1 Å². The van der Waals surface area contributed by atoms with Crippen LogP contribution in [-0.2, 0) is 0 Å². The van der Waals surface area contributed by atoms with Crippen LogP contribution in [0, 0.1) is 5.21 Å². The Labute approximate surface area is 80.2 Å². The molecule has 1 amide bonds. The maximum Gasteiger partial charge on any atom is 0.315 e. The van der Waals surface area contributed by atoms with Gasteiger partial charge in [0.25, 0.3) is 5.69 Å². The van der Waals surface area contributed by atoms with Gasteiger partial charge < -0.3 is 10.9 Å². The molecule has 2 N–H and O–H groups in total. The van der Waals surface area contributed by atoms with Gasteiger partial charge in [-0.3, -0.25) is 4.79 Å². The SMILES string of the molecule is NC(=O)c1c2ccccc2cc[n+]1[O-]. The third-order valence-electron chi connectivity index (χ3n) is 2.06. The molecule has 0 aliphatic carbocycles. The van der Waals surface area contributed by atoms with Crippen molar-refractivity contribution in [2.24, 2.45) is 5.73 Å². The summed E-state index contributed by atoms with van der Waals surface area (Å²) < 4.78 is 0.491. The maximum absolute atomic E-state index is 11.3. The van der Waals surface area contributed by atoms with Crippen molar-refractivity contribution in [2.75, 3.05) is 0 Å². The van der Waals surface area contributed by atoms with Crippen LogP contribution in [0.4, 0.5) is 0 Å². The minimum atomic E-state index is -0.711. The molecule has 0 atom stereocenters. The van der Waals surface area contributed by atoms with Crippen molar-refractivity contribution < 1.29 is 9.52 Å². The van der Waals surface area contributed by atoms with Crippen molar-refractivity contribution in [3.63, 3.8) is 0 Å². The smallest absolute Gasteiger partial charge is 0.315 e. The first kappa shape index (κ1) is 8.50. The number of pyridine rings is 1.